The van der Waals surface area contributed by atoms with Gasteiger partial charge in [0.2, 0.25) is 0 Å². The summed E-state index contributed by atoms with van der Waals surface area (Å²) in [5.41, 5.74) is 0.840. The molecule has 0 amide bonds. The Kier molecular flexibility index (Phi) is 2.74. The molecule has 1 nitrogen and oxygen atoms in total. The molecule has 1 aromatic rings. The first-order valence-electron chi connectivity index (χ1n) is 4.65. The molecule has 86 valence electrons. The molecular weight excluding hydrogens is 283 g/mol. The number of hydrogen-bond acceptors (Lipinski definition) is 1. The maximum absolute atomic E-state index is 12.5. The van der Waals surface area contributed by atoms with Gasteiger partial charge in [-0.3, -0.25) is 0 Å². The highest BCUT2D eigenvalue weighted by molar-refractivity contribution is 9.09. The normalized spacial score (nSPS) is 19.8. The topological polar surface area (TPSA) is 3.24 Å². The van der Waals surface area contributed by atoms with Crippen LogP contribution in [-0.2, 0) is 6.18 Å². The fraction of sp³-hybridized carbons (Fsp3) is 0.273. The third kappa shape index (κ3) is 1.96. The zero-order valence-electron chi connectivity index (χ0n) is 8.42. The van der Waals surface area contributed by atoms with E-state index in [1.165, 1.54) is 12.1 Å². The van der Waals surface area contributed by atoms with E-state index in [1.807, 2.05) is 11.1 Å². The maximum atomic E-state index is 12.5. The first-order chi connectivity index (χ1) is 7.39. The second-order valence-corrected chi connectivity index (χ2v) is 4.53. The number of fused-ring (bicyclic) bond motifs is 1. The smallest absolute Gasteiger partial charge is 0.364 e. The first kappa shape index (κ1) is 11.5. The second-order valence-electron chi connectivity index (χ2n) is 3.66. The summed E-state index contributed by atoms with van der Waals surface area (Å²) in [6, 6.07) is 3.79. The lowest BCUT2D eigenvalue weighted by molar-refractivity contribution is -0.137. The Hall–Kier alpha value is -0.970. The zero-order valence-corrected chi connectivity index (χ0v) is 10.0. The van der Waals surface area contributed by atoms with Gasteiger partial charge >= 0.3 is 6.18 Å². The SMILES string of the molecule is CN1C=Cc2ccc(C(F)(F)F)cc2C1Br. The van der Waals surface area contributed by atoms with Crippen molar-refractivity contribution in [3.8, 4) is 0 Å². The van der Waals surface area contributed by atoms with Crippen molar-refractivity contribution < 1.29 is 13.2 Å². The van der Waals surface area contributed by atoms with Gasteiger partial charge in [0.15, 0.2) is 0 Å². The van der Waals surface area contributed by atoms with E-state index in [9.17, 15) is 13.2 Å². The maximum Gasteiger partial charge on any atom is 0.416 e. The highest BCUT2D eigenvalue weighted by atomic mass is 79.9. The van der Waals surface area contributed by atoms with E-state index >= 15 is 0 Å². The number of nitrogens with zero attached hydrogens (tertiary/aromatic N) is 1. The van der Waals surface area contributed by atoms with Gasteiger partial charge in [-0.25, -0.2) is 0 Å². The van der Waals surface area contributed by atoms with Crippen LogP contribution in [0.25, 0.3) is 6.08 Å². The summed E-state index contributed by atoms with van der Waals surface area (Å²) >= 11 is 3.36. The van der Waals surface area contributed by atoms with E-state index in [0.717, 1.165) is 11.6 Å². The minimum Gasteiger partial charge on any atom is -0.364 e. The Labute approximate surface area is 99.7 Å². The van der Waals surface area contributed by atoms with E-state index < -0.39 is 11.7 Å². The third-order valence-electron chi connectivity index (χ3n) is 2.52. The molecule has 0 saturated carbocycles. The molecule has 1 heterocycles. The molecule has 0 aliphatic carbocycles. The summed E-state index contributed by atoms with van der Waals surface area (Å²) < 4.78 is 37.6. The molecule has 5 heteroatoms. The van der Waals surface area contributed by atoms with Crippen LogP contribution in [0.1, 0.15) is 21.6 Å². The van der Waals surface area contributed by atoms with Crippen LogP contribution >= 0.6 is 15.9 Å². The van der Waals surface area contributed by atoms with Crippen LogP contribution in [0.3, 0.4) is 0 Å². The molecule has 1 atom stereocenters. The number of benzene rings is 1. The van der Waals surface area contributed by atoms with Crippen molar-refractivity contribution >= 4 is 22.0 Å². The molecule has 1 aliphatic rings. The molecule has 0 spiro atoms. The summed E-state index contributed by atoms with van der Waals surface area (Å²) in [4.78, 5) is 1.59. The largest absolute Gasteiger partial charge is 0.416 e. The fourth-order valence-electron chi connectivity index (χ4n) is 1.60. The van der Waals surface area contributed by atoms with Crippen molar-refractivity contribution in [3.05, 3.63) is 41.1 Å². The monoisotopic (exact) mass is 291 g/mol. The lowest BCUT2D eigenvalue weighted by atomic mass is 10.0. The number of halogens is 4. The lowest BCUT2D eigenvalue weighted by Crippen LogP contribution is -2.18. The highest BCUT2D eigenvalue weighted by Crippen LogP contribution is 2.38. The summed E-state index contributed by atoms with van der Waals surface area (Å²) in [6.45, 7) is 0. The Bertz CT molecular complexity index is 439. The van der Waals surface area contributed by atoms with E-state index in [0.29, 0.717) is 5.56 Å². The van der Waals surface area contributed by atoms with Gasteiger partial charge in [0.05, 0.1) is 5.56 Å². The Balaban J connectivity index is 2.50. The molecule has 0 fully saturated rings. The van der Waals surface area contributed by atoms with Gasteiger partial charge < -0.3 is 4.90 Å². The van der Waals surface area contributed by atoms with Gasteiger partial charge in [-0.1, -0.05) is 22.0 Å². The summed E-state index contributed by atoms with van der Waals surface area (Å²) in [5.74, 6) is 0. The Morgan fingerprint density at radius 2 is 2.00 bits per heavy atom. The van der Waals surface area contributed by atoms with Crippen LogP contribution in [0.15, 0.2) is 24.4 Å². The Morgan fingerprint density at radius 3 is 2.62 bits per heavy atom. The van der Waals surface area contributed by atoms with Gasteiger partial charge in [-0.2, -0.15) is 13.2 Å². The van der Waals surface area contributed by atoms with E-state index in [2.05, 4.69) is 15.9 Å². The van der Waals surface area contributed by atoms with Gasteiger partial charge in [-0.15, -0.1) is 0 Å². The quantitative estimate of drug-likeness (QED) is 0.516. The highest BCUT2D eigenvalue weighted by Gasteiger charge is 2.32. The minimum atomic E-state index is -4.29. The molecule has 1 unspecified atom stereocenters. The summed E-state index contributed by atoms with van der Waals surface area (Å²) in [6.07, 6.45) is -0.663. The van der Waals surface area contributed by atoms with Crippen LogP contribution in [-0.4, -0.2) is 11.9 Å². The van der Waals surface area contributed by atoms with Crippen molar-refractivity contribution in [1.82, 2.24) is 4.90 Å². The van der Waals surface area contributed by atoms with Crippen molar-refractivity contribution in [2.45, 2.75) is 11.1 Å². The molecular formula is C11H9BrF3N. The minimum absolute atomic E-state index is 0.213. The molecule has 1 aromatic carbocycles. The fourth-order valence-corrected chi connectivity index (χ4v) is 2.13. The lowest BCUT2D eigenvalue weighted by Gasteiger charge is -2.27. The van der Waals surface area contributed by atoms with Crippen LogP contribution < -0.4 is 0 Å². The molecule has 1 aliphatic heterocycles. The zero-order chi connectivity index (χ0) is 11.9. The van der Waals surface area contributed by atoms with Crippen molar-refractivity contribution in [3.63, 3.8) is 0 Å². The molecule has 0 N–H and O–H groups in total. The number of alkyl halides is 4. The molecule has 2 rings (SSSR count). The van der Waals surface area contributed by atoms with Crippen LogP contribution in [0.2, 0.25) is 0 Å². The predicted molar refractivity (Wildman–Crippen MR) is 59.9 cm³/mol. The van der Waals surface area contributed by atoms with Crippen molar-refractivity contribution in [1.29, 1.82) is 0 Å². The molecule has 0 bridgehead atoms. The van der Waals surface area contributed by atoms with Crippen LogP contribution in [0.4, 0.5) is 13.2 Å². The average Bonchev–Trinajstić information content (AvgIpc) is 2.22. The van der Waals surface area contributed by atoms with E-state index in [1.54, 1.807) is 13.1 Å². The van der Waals surface area contributed by atoms with Crippen LogP contribution in [0, 0.1) is 0 Å². The Morgan fingerprint density at radius 1 is 1.31 bits per heavy atom. The number of rotatable bonds is 0. The van der Waals surface area contributed by atoms with Gasteiger partial charge in [0, 0.05) is 13.2 Å². The number of hydrogen-bond donors (Lipinski definition) is 0. The predicted octanol–water partition coefficient (Wildman–Crippen LogP) is 4.02. The van der Waals surface area contributed by atoms with E-state index in [4.69, 9.17) is 0 Å². The van der Waals surface area contributed by atoms with Crippen LogP contribution in [0.5, 0.6) is 0 Å². The molecule has 16 heavy (non-hydrogen) atoms. The average molecular weight is 292 g/mol. The molecule has 0 aromatic heterocycles. The standard InChI is InChI=1S/C11H9BrF3N/c1-16-5-4-7-2-3-8(11(13,14)15)6-9(7)10(16)12/h2-6,10H,1H3. The summed E-state index contributed by atoms with van der Waals surface area (Å²) in [5, 5.41) is 0. The molecule has 0 radical (unpaired) electrons. The van der Waals surface area contributed by atoms with Gasteiger partial charge in [-0.05, 0) is 29.3 Å². The second kappa shape index (κ2) is 3.80. The van der Waals surface area contributed by atoms with Crippen molar-refractivity contribution in [2.75, 3.05) is 7.05 Å². The first-order valence-corrected chi connectivity index (χ1v) is 5.56. The van der Waals surface area contributed by atoms with Crippen molar-refractivity contribution in [2.24, 2.45) is 0 Å². The third-order valence-corrected chi connectivity index (χ3v) is 3.66. The van der Waals surface area contributed by atoms with Gasteiger partial charge in [0.25, 0.3) is 0 Å². The van der Waals surface area contributed by atoms with E-state index in [-0.39, 0.29) is 4.95 Å². The van der Waals surface area contributed by atoms with Gasteiger partial charge in [0.1, 0.15) is 4.95 Å². The molecule has 0 saturated heterocycles. The summed E-state index contributed by atoms with van der Waals surface area (Å²) in [7, 11) is 1.80.